The number of nitrogens with zero attached hydrogens (tertiary/aromatic N) is 3. The van der Waals surface area contributed by atoms with Crippen LogP contribution in [0.4, 0.5) is 0 Å². The van der Waals surface area contributed by atoms with E-state index in [1.165, 1.54) is 41.3 Å². The molecule has 0 bridgehead atoms. The van der Waals surface area contributed by atoms with Gasteiger partial charge in [-0.25, -0.2) is 0 Å². The second-order valence-electron chi connectivity index (χ2n) is 7.13. The van der Waals surface area contributed by atoms with Crippen molar-refractivity contribution in [3.05, 3.63) is 64.7 Å². The van der Waals surface area contributed by atoms with Gasteiger partial charge < -0.3 is 4.57 Å². The van der Waals surface area contributed by atoms with Crippen molar-refractivity contribution in [3.63, 3.8) is 0 Å². The number of Topliss-reactive ketones (excluding diaryl/α,β-unsaturated/α-hetero) is 1. The van der Waals surface area contributed by atoms with Crippen LogP contribution in [-0.4, -0.2) is 26.3 Å². The Balaban J connectivity index is 1.46. The highest BCUT2D eigenvalue weighted by atomic mass is 32.2. The van der Waals surface area contributed by atoms with Gasteiger partial charge in [0, 0.05) is 18.2 Å². The van der Waals surface area contributed by atoms with E-state index < -0.39 is 0 Å². The third-order valence-corrected chi connectivity index (χ3v) is 6.17. The molecule has 0 amide bonds. The molecule has 0 saturated carbocycles. The van der Waals surface area contributed by atoms with Gasteiger partial charge in [0.15, 0.2) is 16.8 Å². The van der Waals surface area contributed by atoms with Crippen LogP contribution in [0.25, 0.3) is 11.4 Å². The van der Waals surface area contributed by atoms with Gasteiger partial charge in [0.05, 0.1) is 5.75 Å². The molecule has 138 valence electrons. The molecule has 1 aliphatic rings. The Morgan fingerprint density at radius 2 is 1.78 bits per heavy atom. The minimum atomic E-state index is 0.147. The zero-order valence-corrected chi connectivity index (χ0v) is 16.6. The van der Waals surface area contributed by atoms with E-state index in [0.717, 1.165) is 34.9 Å². The maximum atomic E-state index is 12.7. The average Bonchev–Trinajstić information content (AvgIpc) is 3.07. The average molecular weight is 378 g/mol. The lowest BCUT2D eigenvalue weighted by atomic mass is 9.90. The molecule has 5 heteroatoms. The molecule has 0 aliphatic heterocycles. The molecule has 0 radical (unpaired) electrons. The summed E-state index contributed by atoms with van der Waals surface area (Å²) in [7, 11) is 1.95. The summed E-state index contributed by atoms with van der Waals surface area (Å²) in [5, 5.41) is 9.34. The molecule has 27 heavy (non-hydrogen) atoms. The first kappa shape index (κ1) is 18.0. The van der Waals surface area contributed by atoms with Crippen molar-refractivity contribution >= 4 is 17.5 Å². The lowest BCUT2D eigenvalue weighted by Gasteiger charge is -2.16. The van der Waals surface area contributed by atoms with E-state index in [2.05, 4.69) is 41.4 Å². The highest BCUT2D eigenvalue weighted by molar-refractivity contribution is 7.99. The first-order valence-electron chi connectivity index (χ1n) is 9.36. The number of carbonyl (C=O) groups is 1. The minimum absolute atomic E-state index is 0.147. The number of rotatable bonds is 5. The summed E-state index contributed by atoms with van der Waals surface area (Å²) in [6.07, 6.45) is 4.71. The van der Waals surface area contributed by atoms with Gasteiger partial charge in [-0.3, -0.25) is 4.79 Å². The molecule has 0 fully saturated rings. The number of ketones is 1. The van der Waals surface area contributed by atoms with Crippen LogP contribution in [0.1, 0.15) is 39.9 Å². The molecule has 0 unspecified atom stereocenters. The van der Waals surface area contributed by atoms with Gasteiger partial charge in [-0.15, -0.1) is 10.2 Å². The van der Waals surface area contributed by atoms with E-state index in [1.54, 1.807) is 0 Å². The molecule has 3 aromatic rings. The fourth-order valence-electron chi connectivity index (χ4n) is 3.51. The van der Waals surface area contributed by atoms with Crippen LogP contribution in [0.2, 0.25) is 0 Å². The van der Waals surface area contributed by atoms with E-state index in [0.29, 0.717) is 5.75 Å². The number of hydrogen-bond acceptors (Lipinski definition) is 4. The molecular formula is C22H23N3OS. The molecule has 4 rings (SSSR count). The second kappa shape index (κ2) is 7.69. The highest BCUT2D eigenvalue weighted by Crippen LogP contribution is 2.25. The Morgan fingerprint density at radius 1 is 1.04 bits per heavy atom. The quantitative estimate of drug-likeness (QED) is 0.480. The molecule has 1 heterocycles. The fourth-order valence-corrected chi connectivity index (χ4v) is 4.32. The molecule has 1 aromatic heterocycles. The van der Waals surface area contributed by atoms with Crippen LogP contribution in [0, 0.1) is 6.92 Å². The van der Waals surface area contributed by atoms with E-state index in [9.17, 15) is 4.79 Å². The number of carbonyl (C=O) groups excluding carboxylic acids is 1. The van der Waals surface area contributed by atoms with Gasteiger partial charge in [-0.1, -0.05) is 53.7 Å². The largest absolute Gasteiger partial charge is 0.305 e. The molecule has 1 aliphatic carbocycles. The van der Waals surface area contributed by atoms with Crippen LogP contribution in [0.15, 0.2) is 47.6 Å². The van der Waals surface area contributed by atoms with Crippen molar-refractivity contribution in [2.45, 2.75) is 37.8 Å². The Kier molecular flexibility index (Phi) is 5.12. The number of aromatic nitrogens is 3. The highest BCUT2D eigenvalue weighted by Gasteiger charge is 2.16. The Hall–Kier alpha value is -2.40. The first-order chi connectivity index (χ1) is 13.1. The molecular weight excluding hydrogens is 354 g/mol. The van der Waals surface area contributed by atoms with Crippen molar-refractivity contribution in [2.75, 3.05) is 5.75 Å². The van der Waals surface area contributed by atoms with Gasteiger partial charge >= 0.3 is 0 Å². The van der Waals surface area contributed by atoms with Crippen LogP contribution in [0.5, 0.6) is 0 Å². The van der Waals surface area contributed by atoms with Gasteiger partial charge in [-0.2, -0.15) is 0 Å². The number of benzene rings is 2. The van der Waals surface area contributed by atoms with Gasteiger partial charge in [0.1, 0.15) is 0 Å². The lowest BCUT2D eigenvalue weighted by molar-refractivity contribution is 0.102. The number of fused-ring (bicyclic) bond motifs is 1. The number of hydrogen-bond donors (Lipinski definition) is 0. The zero-order chi connectivity index (χ0) is 18.8. The summed E-state index contributed by atoms with van der Waals surface area (Å²) in [6.45, 7) is 2.06. The Labute approximate surface area is 164 Å². The van der Waals surface area contributed by atoms with Crippen LogP contribution < -0.4 is 0 Å². The maximum Gasteiger partial charge on any atom is 0.191 e. The summed E-state index contributed by atoms with van der Waals surface area (Å²) in [6, 6.07) is 14.4. The predicted octanol–water partition coefficient (Wildman–Crippen LogP) is 4.64. The standard InChI is InChI=1S/C22H23N3OS/c1-15-7-9-17(10-8-15)21-23-24-22(25(21)2)27-14-20(26)19-12-11-16-5-3-4-6-18(16)13-19/h7-13H,3-6,14H2,1-2H3. The monoisotopic (exact) mass is 377 g/mol. The molecule has 4 nitrogen and oxygen atoms in total. The first-order valence-corrected chi connectivity index (χ1v) is 10.3. The van der Waals surface area contributed by atoms with Crippen molar-refractivity contribution in [3.8, 4) is 11.4 Å². The van der Waals surface area contributed by atoms with Gasteiger partial charge in [0.25, 0.3) is 0 Å². The second-order valence-corrected chi connectivity index (χ2v) is 8.08. The Bertz CT molecular complexity index is 976. The van der Waals surface area contributed by atoms with Crippen molar-refractivity contribution in [1.29, 1.82) is 0 Å². The summed E-state index contributed by atoms with van der Waals surface area (Å²) in [4.78, 5) is 12.7. The Morgan fingerprint density at radius 3 is 2.56 bits per heavy atom. The molecule has 0 saturated heterocycles. The van der Waals surface area contributed by atoms with Crippen molar-refractivity contribution < 1.29 is 4.79 Å². The molecule has 2 aromatic carbocycles. The summed E-state index contributed by atoms with van der Waals surface area (Å²) in [5.74, 6) is 1.34. The number of aryl methyl sites for hydroxylation is 3. The van der Waals surface area contributed by atoms with Gasteiger partial charge in [0.2, 0.25) is 0 Å². The van der Waals surface area contributed by atoms with E-state index >= 15 is 0 Å². The summed E-state index contributed by atoms with van der Waals surface area (Å²) in [5.41, 5.74) is 5.80. The number of thioether (sulfide) groups is 1. The lowest BCUT2D eigenvalue weighted by Crippen LogP contribution is -2.08. The fraction of sp³-hybridized carbons (Fsp3) is 0.318. The van der Waals surface area contributed by atoms with Crippen LogP contribution in [-0.2, 0) is 19.9 Å². The predicted molar refractivity (Wildman–Crippen MR) is 109 cm³/mol. The molecule has 0 N–H and O–H groups in total. The maximum absolute atomic E-state index is 12.7. The third kappa shape index (κ3) is 3.83. The van der Waals surface area contributed by atoms with Crippen molar-refractivity contribution in [2.24, 2.45) is 7.05 Å². The minimum Gasteiger partial charge on any atom is -0.305 e. The van der Waals surface area contributed by atoms with E-state index in [1.807, 2.05) is 29.8 Å². The normalized spacial score (nSPS) is 13.4. The SMILES string of the molecule is Cc1ccc(-c2nnc(SCC(=O)c3ccc4c(c3)CCCC4)n2C)cc1. The summed E-state index contributed by atoms with van der Waals surface area (Å²) >= 11 is 1.45. The summed E-state index contributed by atoms with van der Waals surface area (Å²) < 4.78 is 1.95. The topological polar surface area (TPSA) is 47.8 Å². The third-order valence-electron chi connectivity index (χ3n) is 5.15. The smallest absolute Gasteiger partial charge is 0.191 e. The molecule has 0 atom stereocenters. The van der Waals surface area contributed by atoms with E-state index in [-0.39, 0.29) is 5.78 Å². The van der Waals surface area contributed by atoms with Crippen LogP contribution in [0.3, 0.4) is 0 Å². The van der Waals surface area contributed by atoms with E-state index in [4.69, 9.17) is 0 Å². The van der Waals surface area contributed by atoms with Gasteiger partial charge in [-0.05, 0) is 49.8 Å². The molecule has 0 spiro atoms. The van der Waals surface area contributed by atoms with Crippen molar-refractivity contribution in [1.82, 2.24) is 14.8 Å². The zero-order valence-electron chi connectivity index (χ0n) is 15.7. The van der Waals surface area contributed by atoms with Crippen LogP contribution >= 0.6 is 11.8 Å².